The van der Waals surface area contributed by atoms with Gasteiger partial charge in [0.2, 0.25) is 0 Å². The topological polar surface area (TPSA) is 112 Å². The van der Waals surface area contributed by atoms with E-state index in [0.29, 0.717) is 13.1 Å². The number of anilines is 2. The largest absolute Gasteiger partial charge is 0.444 e. The summed E-state index contributed by atoms with van der Waals surface area (Å²) >= 11 is 0. The molecule has 1 amide bonds. The molecule has 0 saturated heterocycles. The molecule has 0 atom stereocenters. The molecule has 3 aromatic heterocycles. The van der Waals surface area contributed by atoms with Crippen LogP contribution in [0.25, 0.3) is 27.7 Å². The Bertz CT molecular complexity index is 1350. The highest BCUT2D eigenvalue weighted by Crippen LogP contribution is 2.30. The van der Waals surface area contributed by atoms with E-state index < -0.39 is 5.60 Å². The Balaban J connectivity index is 1.36. The molecule has 4 heterocycles. The summed E-state index contributed by atoms with van der Waals surface area (Å²) in [6.07, 6.45) is 7.71. The molecule has 34 heavy (non-hydrogen) atoms. The van der Waals surface area contributed by atoms with Crippen molar-refractivity contribution >= 4 is 34.2 Å². The second kappa shape index (κ2) is 8.66. The Hall–Kier alpha value is -4.14. The first-order valence-electron chi connectivity index (χ1n) is 11.2. The lowest BCUT2D eigenvalue weighted by atomic mass is 10.1. The molecule has 5 rings (SSSR count). The zero-order valence-corrected chi connectivity index (χ0v) is 19.4. The van der Waals surface area contributed by atoms with E-state index in [2.05, 4.69) is 48.7 Å². The average molecular weight is 458 g/mol. The van der Waals surface area contributed by atoms with E-state index in [0.717, 1.165) is 51.4 Å². The van der Waals surface area contributed by atoms with E-state index in [4.69, 9.17) is 4.74 Å². The number of carbonyl (C=O) groups excluding carboxylic acids is 1. The summed E-state index contributed by atoms with van der Waals surface area (Å²) in [4.78, 5) is 26.4. The van der Waals surface area contributed by atoms with Gasteiger partial charge < -0.3 is 19.9 Å². The van der Waals surface area contributed by atoms with Crippen LogP contribution in [0.15, 0.2) is 55.1 Å². The first-order chi connectivity index (χ1) is 16.4. The molecule has 9 heteroatoms. The number of nitrogens with zero attached hydrogens (tertiary/aromatic N) is 4. The molecule has 3 N–H and O–H groups in total. The number of fused-ring (bicyclic) bond motifs is 1. The van der Waals surface area contributed by atoms with Gasteiger partial charge in [-0.05, 0) is 56.5 Å². The molecule has 4 aromatic rings. The van der Waals surface area contributed by atoms with Gasteiger partial charge in [-0.1, -0.05) is 18.2 Å². The van der Waals surface area contributed by atoms with Crippen molar-refractivity contribution < 1.29 is 9.53 Å². The molecule has 9 nitrogen and oxygen atoms in total. The van der Waals surface area contributed by atoms with E-state index in [-0.39, 0.29) is 6.09 Å². The predicted octanol–water partition coefficient (Wildman–Crippen LogP) is 5.12. The molecule has 0 spiro atoms. The van der Waals surface area contributed by atoms with Crippen molar-refractivity contribution in [3.05, 3.63) is 60.8 Å². The maximum Gasteiger partial charge on any atom is 0.410 e. The maximum absolute atomic E-state index is 12.4. The van der Waals surface area contributed by atoms with Crippen molar-refractivity contribution in [1.82, 2.24) is 30.0 Å². The number of aromatic amines is 2. The standard InChI is InChI=1S/C25H27N7O2/c1-25(2,3)34-24(33)32-9-7-16(8-10-32)21-12-20-22(26-15-27-23(20)31-21)30-19-6-4-5-17(11-19)18-13-28-29-14-18/h4-7,11-15H,8-10H2,1-3H3,(H,28,29)(H2,26,27,30,31). The van der Waals surface area contributed by atoms with Gasteiger partial charge in [-0.15, -0.1) is 0 Å². The first kappa shape index (κ1) is 21.7. The van der Waals surface area contributed by atoms with Crippen LogP contribution in [0.4, 0.5) is 16.3 Å². The van der Waals surface area contributed by atoms with Gasteiger partial charge in [0.15, 0.2) is 0 Å². The minimum absolute atomic E-state index is 0.283. The molecule has 0 unspecified atom stereocenters. The smallest absolute Gasteiger partial charge is 0.410 e. The number of rotatable bonds is 4. The molecular weight excluding hydrogens is 430 g/mol. The Morgan fingerprint density at radius 2 is 2.06 bits per heavy atom. The molecular formula is C25H27N7O2. The molecule has 174 valence electrons. The Morgan fingerprint density at radius 3 is 2.79 bits per heavy atom. The zero-order chi connectivity index (χ0) is 23.7. The van der Waals surface area contributed by atoms with Gasteiger partial charge in [-0.3, -0.25) is 5.10 Å². The van der Waals surface area contributed by atoms with Crippen LogP contribution in [0, 0.1) is 0 Å². The molecule has 0 aliphatic carbocycles. The molecule has 0 bridgehead atoms. The molecule has 0 saturated carbocycles. The number of benzene rings is 1. The Labute approximate surface area is 197 Å². The predicted molar refractivity (Wildman–Crippen MR) is 132 cm³/mol. The van der Waals surface area contributed by atoms with Gasteiger partial charge in [0, 0.05) is 36.2 Å². The monoisotopic (exact) mass is 457 g/mol. The number of ether oxygens (including phenoxy) is 1. The minimum atomic E-state index is -0.502. The molecule has 1 aliphatic rings. The molecule has 0 radical (unpaired) electrons. The van der Waals surface area contributed by atoms with Gasteiger partial charge in [0.1, 0.15) is 23.4 Å². The van der Waals surface area contributed by atoms with E-state index >= 15 is 0 Å². The van der Waals surface area contributed by atoms with Gasteiger partial charge in [0.05, 0.1) is 11.6 Å². The van der Waals surface area contributed by atoms with Gasteiger partial charge >= 0.3 is 6.09 Å². The Morgan fingerprint density at radius 1 is 1.18 bits per heavy atom. The van der Waals surface area contributed by atoms with Gasteiger partial charge in [0.25, 0.3) is 0 Å². The van der Waals surface area contributed by atoms with E-state index in [9.17, 15) is 4.79 Å². The van der Waals surface area contributed by atoms with Crippen LogP contribution in [-0.4, -0.2) is 54.8 Å². The number of hydrogen-bond donors (Lipinski definition) is 3. The third-order valence-corrected chi connectivity index (χ3v) is 5.59. The normalized spacial score (nSPS) is 14.2. The fourth-order valence-corrected chi connectivity index (χ4v) is 3.94. The van der Waals surface area contributed by atoms with Crippen molar-refractivity contribution in [2.45, 2.75) is 32.8 Å². The van der Waals surface area contributed by atoms with Crippen molar-refractivity contribution in [2.75, 3.05) is 18.4 Å². The van der Waals surface area contributed by atoms with Crippen LogP contribution >= 0.6 is 0 Å². The number of aromatic nitrogens is 5. The van der Waals surface area contributed by atoms with Crippen LogP contribution in [0.2, 0.25) is 0 Å². The van der Waals surface area contributed by atoms with E-state index in [1.807, 2.05) is 45.2 Å². The number of carbonyl (C=O) groups is 1. The number of hydrogen-bond acceptors (Lipinski definition) is 6. The number of nitrogens with one attached hydrogen (secondary N) is 3. The maximum atomic E-state index is 12.4. The molecule has 1 aliphatic heterocycles. The SMILES string of the molecule is CC(C)(C)OC(=O)N1CC=C(c2cc3c(Nc4cccc(-c5cn[nH]c5)c4)ncnc3[nH]2)CC1. The zero-order valence-electron chi connectivity index (χ0n) is 19.4. The summed E-state index contributed by atoms with van der Waals surface area (Å²) in [6.45, 7) is 6.74. The van der Waals surface area contributed by atoms with E-state index in [1.54, 1.807) is 17.4 Å². The summed E-state index contributed by atoms with van der Waals surface area (Å²) in [5.41, 5.74) is 5.38. The third-order valence-electron chi connectivity index (χ3n) is 5.59. The van der Waals surface area contributed by atoms with Crippen molar-refractivity contribution in [3.8, 4) is 11.1 Å². The first-order valence-corrected chi connectivity index (χ1v) is 11.2. The lowest BCUT2D eigenvalue weighted by Crippen LogP contribution is -2.39. The minimum Gasteiger partial charge on any atom is -0.444 e. The fraction of sp³-hybridized carbons (Fsp3) is 0.280. The van der Waals surface area contributed by atoms with Crippen molar-refractivity contribution in [1.29, 1.82) is 0 Å². The quantitative estimate of drug-likeness (QED) is 0.392. The van der Waals surface area contributed by atoms with Crippen LogP contribution in [0.1, 0.15) is 32.9 Å². The van der Waals surface area contributed by atoms with Crippen molar-refractivity contribution in [2.24, 2.45) is 0 Å². The summed E-state index contributed by atoms with van der Waals surface area (Å²) in [5.74, 6) is 0.726. The highest BCUT2D eigenvalue weighted by atomic mass is 16.6. The lowest BCUT2D eigenvalue weighted by molar-refractivity contribution is 0.0270. The van der Waals surface area contributed by atoms with Crippen LogP contribution in [-0.2, 0) is 4.74 Å². The molecule has 0 fully saturated rings. The van der Waals surface area contributed by atoms with Crippen LogP contribution in [0.3, 0.4) is 0 Å². The number of H-pyrrole nitrogens is 2. The Kier molecular flexibility index (Phi) is 5.53. The lowest BCUT2D eigenvalue weighted by Gasteiger charge is -2.29. The highest BCUT2D eigenvalue weighted by molar-refractivity contribution is 5.92. The van der Waals surface area contributed by atoms with Gasteiger partial charge in [-0.2, -0.15) is 5.10 Å². The molecule has 1 aromatic carbocycles. The average Bonchev–Trinajstić information content (AvgIpc) is 3.49. The van der Waals surface area contributed by atoms with E-state index in [1.165, 1.54) is 0 Å². The second-order valence-corrected chi connectivity index (χ2v) is 9.27. The summed E-state index contributed by atoms with van der Waals surface area (Å²) in [5, 5.41) is 11.2. The highest BCUT2D eigenvalue weighted by Gasteiger charge is 2.24. The summed E-state index contributed by atoms with van der Waals surface area (Å²) in [6, 6.07) is 10.2. The second-order valence-electron chi connectivity index (χ2n) is 9.27. The van der Waals surface area contributed by atoms with Crippen LogP contribution < -0.4 is 5.32 Å². The summed E-state index contributed by atoms with van der Waals surface area (Å²) < 4.78 is 5.49. The third kappa shape index (κ3) is 4.63. The number of amides is 1. The fourth-order valence-electron chi connectivity index (χ4n) is 3.94. The van der Waals surface area contributed by atoms with Gasteiger partial charge in [-0.25, -0.2) is 14.8 Å². The van der Waals surface area contributed by atoms with Crippen molar-refractivity contribution in [3.63, 3.8) is 0 Å². The van der Waals surface area contributed by atoms with Crippen LogP contribution in [0.5, 0.6) is 0 Å². The summed E-state index contributed by atoms with van der Waals surface area (Å²) in [7, 11) is 0.